The van der Waals surface area contributed by atoms with Crippen molar-refractivity contribution in [3.05, 3.63) is 35.1 Å². The second kappa shape index (κ2) is 4.35. The molecular formula is C10H15FN2. The molecule has 1 aromatic rings. The van der Waals surface area contributed by atoms with Gasteiger partial charge in [-0.3, -0.25) is 0 Å². The molecule has 13 heavy (non-hydrogen) atoms. The second-order valence-electron chi connectivity index (χ2n) is 3.18. The van der Waals surface area contributed by atoms with Gasteiger partial charge in [-0.2, -0.15) is 0 Å². The first-order valence-corrected chi connectivity index (χ1v) is 4.37. The first kappa shape index (κ1) is 10.2. The number of rotatable bonds is 3. The molecule has 0 fully saturated rings. The van der Waals surface area contributed by atoms with Crippen molar-refractivity contribution in [2.24, 2.45) is 11.5 Å². The van der Waals surface area contributed by atoms with Gasteiger partial charge in [0.1, 0.15) is 5.82 Å². The summed E-state index contributed by atoms with van der Waals surface area (Å²) in [4.78, 5) is 0. The molecule has 1 rings (SSSR count). The van der Waals surface area contributed by atoms with Crippen LogP contribution in [0.1, 0.15) is 23.6 Å². The summed E-state index contributed by atoms with van der Waals surface area (Å²) < 4.78 is 12.9. The summed E-state index contributed by atoms with van der Waals surface area (Å²) in [5.74, 6) is -0.243. The molecular weight excluding hydrogens is 167 g/mol. The summed E-state index contributed by atoms with van der Waals surface area (Å²) in [6, 6.07) is 4.51. The molecule has 0 radical (unpaired) electrons. The topological polar surface area (TPSA) is 52.0 Å². The Morgan fingerprint density at radius 3 is 2.77 bits per heavy atom. The number of hydrogen-bond donors (Lipinski definition) is 2. The van der Waals surface area contributed by atoms with E-state index in [0.29, 0.717) is 13.0 Å². The van der Waals surface area contributed by atoms with Crippen molar-refractivity contribution in [2.75, 3.05) is 6.54 Å². The average molecular weight is 182 g/mol. The van der Waals surface area contributed by atoms with Gasteiger partial charge in [-0.15, -0.1) is 0 Å². The van der Waals surface area contributed by atoms with E-state index in [1.165, 1.54) is 12.1 Å². The van der Waals surface area contributed by atoms with Gasteiger partial charge in [-0.1, -0.05) is 6.07 Å². The Hall–Kier alpha value is -0.930. The standard InChI is InChI=1S/C10H15FN2/c1-7-2-3-8(11)6-9(7)10(13)4-5-12/h2-3,6,10H,4-5,12-13H2,1H3/t10-/m1/s1. The molecule has 0 amide bonds. The van der Waals surface area contributed by atoms with Crippen molar-refractivity contribution < 1.29 is 4.39 Å². The van der Waals surface area contributed by atoms with Crippen molar-refractivity contribution in [1.82, 2.24) is 0 Å². The van der Waals surface area contributed by atoms with Gasteiger partial charge in [-0.25, -0.2) is 4.39 Å². The zero-order chi connectivity index (χ0) is 9.84. The van der Waals surface area contributed by atoms with E-state index in [2.05, 4.69) is 0 Å². The Labute approximate surface area is 77.7 Å². The zero-order valence-electron chi connectivity index (χ0n) is 7.76. The van der Waals surface area contributed by atoms with Crippen LogP contribution in [0.2, 0.25) is 0 Å². The zero-order valence-corrected chi connectivity index (χ0v) is 7.76. The summed E-state index contributed by atoms with van der Waals surface area (Å²) in [6.45, 7) is 2.45. The summed E-state index contributed by atoms with van der Waals surface area (Å²) in [7, 11) is 0. The molecule has 4 N–H and O–H groups in total. The Morgan fingerprint density at radius 2 is 2.15 bits per heavy atom. The fraction of sp³-hybridized carbons (Fsp3) is 0.400. The minimum absolute atomic E-state index is 0.152. The Morgan fingerprint density at radius 1 is 1.46 bits per heavy atom. The van der Waals surface area contributed by atoms with Crippen molar-refractivity contribution >= 4 is 0 Å². The van der Waals surface area contributed by atoms with E-state index < -0.39 is 0 Å². The van der Waals surface area contributed by atoms with Crippen LogP contribution < -0.4 is 11.5 Å². The lowest BCUT2D eigenvalue weighted by molar-refractivity contribution is 0.609. The van der Waals surface area contributed by atoms with Crippen LogP contribution in [-0.4, -0.2) is 6.54 Å². The number of hydrogen-bond acceptors (Lipinski definition) is 2. The lowest BCUT2D eigenvalue weighted by atomic mass is 9.99. The third-order valence-corrected chi connectivity index (χ3v) is 2.12. The minimum atomic E-state index is -0.243. The molecule has 72 valence electrons. The quantitative estimate of drug-likeness (QED) is 0.744. The van der Waals surface area contributed by atoms with Gasteiger partial charge in [0, 0.05) is 6.04 Å². The van der Waals surface area contributed by atoms with Crippen molar-refractivity contribution in [3.63, 3.8) is 0 Å². The Kier molecular flexibility index (Phi) is 3.39. The third-order valence-electron chi connectivity index (χ3n) is 2.12. The maximum Gasteiger partial charge on any atom is 0.123 e. The highest BCUT2D eigenvalue weighted by atomic mass is 19.1. The molecule has 1 aromatic carbocycles. The molecule has 0 saturated carbocycles. The number of benzene rings is 1. The molecule has 3 heteroatoms. The number of halogens is 1. The first-order chi connectivity index (χ1) is 6.15. The van der Waals surface area contributed by atoms with Crippen LogP contribution in [0.25, 0.3) is 0 Å². The molecule has 1 atom stereocenters. The summed E-state index contributed by atoms with van der Waals surface area (Å²) in [6.07, 6.45) is 0.685. The minimum Gasteiger partial charge on any atom is -0.330 e. The van der Waals surface area contributed by atoms with Crippen LogP contribution >= 0.6 is 0 Å². The molecule has 0 aliphatic heterocycles. The predicted octanol–water partition coefficient (Wildman–Crippen LogP) is 1.48. The summed E-state index contributed by atoms with van der Waals surface area (Å²) >= 11 is 0. The summed E-state index contributed by atoms with van der Waals surface area (Å²) in [5.41, 5.74) is 13.1. The maximum absolute atomic E-state index is 12.9. The largest absolute Gasteiger partial charge is 0.330 e. The van der Waals surface area contributed by atoms with Gasteiger partial charge in [-0.05, 0) is 43.1 Å². The average Bonchev–Trinajstić information content (AvgIpc) is 2.09. The SMILES string of the molecule is Cc1ccc(F)cc1[C@H](N)CCN. The molecule has 0 unspecified atom stereocenters. The van der Waals surface area contributed by atoms with Crippen molar-refractivity contribution in [3.8, 4) is 0 Å². The molecule has 0 aliphatic carbocycles. The number of aryl methyl sites for hydroxylation is 1. The normalized spacial score (nSPS) is 12.9. The van der Waals surface area contributed by atoms with Gasteiger partial charge in [0.25, 0.3) is 0 Å². The third kappa shape index (κ3) is 2.50. The van der Waals surface area contributed by atoms with E-state index in [-0.39, 0.29) is 11.9 Å². The van der Waals surface area contributed by atoms with Crippen molar-refractivity contribution in [1.29, 1.82) is 0 Å². The highest BCUT2D eigenvalue weighted by Crippen LogP contribution is 2.18. The van der Waals surface area contributed by atoms with Crippen LogP contribution in [0.4, 0.5) is 4.39 Å². The Bertz CT molecular complexity index is 286. The first-order valence-electron chi connectivity index (χ1n) is 4.37. The predicted molar refractivity (Wildman–Crippen MR) is 51.7 cm³/mol. The molecule has 0 bridgehead atoms. The van der Waals surface area contributed by atoms with E-state index in [0.717, 1.165) is 11.1 Å². The van der Waals surface area contributed by atoms with Gasteiger partial charge in [0.15, 0.2) is 0 Å². The molecule has 0 aromatic heterocycles. The smallest absolute Gasteiger partial charge is 0.123 e. The van der Waals surface area contributed by atoms with E-state index in [1.54, 1.807) is 6.07 Å². The van der Waals surface area contributed by atoms with E-state index in [1.807, 2.05) is 6.92 Å². The lowest BCUT2D eigenvalue weighted by Crippen LogP contribution is -2.16. The van der Waals surface area contributed by atoms with Gasteiger partial charge < -0.3 is 11.5 Å². The van der Waals surface area contributed by atoms with Crippen LogP contribution in [-0.2, 0) is 0 Å². The second-order valence-corrected chi connectivity index (χ2v) is 3.18. The molecule has 0 heterocycles. The number of nitrogens with two attached hydrogens (primary N) is 2. The fourth-order valence-electron chi connectivity index (χ4n) is 1.35. The van der Waals surface area contributed by atoms with Crippen LogP contribution in [0.5, 0.6) is 0 Å². The molecule has 2 nitrogen and oxygen atoms in total. The summed E-state index contributed by atoms with van der Waals surface area (Å²) in [5, 5.41) is 0. The molecule has 0 saturated heterocycles. The monoisotopic (exact) mass is 182 g/mol. The lowest BCUT2D eigenvalue weighted by Gasteiger charge is -2.13. The molecule has 0 spiro atoms. The van der Waals surface area contributed by atoms with Gasteiger partial charge >= 0.3 is 0 Å². The van der Waals surface area contributed by atoms with E-state index in [9.17, 15) is 4.39 Å². The van der Waals surface area contributed by atoms with Crippen molar-refractivity contribution in [2.45, 2.75) is 19.4 Å². The van der Waals surface area contributed by atoms with Crippen LogP contribution in [0.15, 0.2) is 18.2 Å². The van der Waals surface area contributed by atoms with E-state index >= 15 is 0 Å². The van der Waals surface area contributed by atoms with Crippen LogP contribution in [0, 0.1) is 12.7 Å². The highest BCUT2D eigenvalue weighted by Gasteiger charge is 2.08. The van der Waals surface area contributed by atoms with E-state index in [4.69, 9.17) is 11.5 Å². The highest BCUT2D eigenvalue weighted by molar-refractivity contribution is 5.29. The van der Waals surface area contributed by atoms with Gasteiger partial charge in [0.2, 0.25) is 0 Å². The fourth-order valence-corrected chi connectivity index (χ4v) is 1.35. The van der Waals surface area contributed by atoms with Gasteiger partial charge in [0.05, 0.1) is 0 Å². The Balaban J connectivity index is 2.91. The molecule has 0 aliphatic rings. The van der Waals surface area contributed by atoms with Crippen LogP contribution in [0.3, 0.4) is 0 Å². The maximum atomic E-state index is 12.9.